The van der Waals surface area contributed by atoms with Crippen LogP contribution < -0.4 is 10.5 Å². The molecule has 1 aromatic carbocycles. The number of sulfonamides is 1. The Morgan fingerprint density at radius 3 is 2.62 bits per heavy atom. The number of nitrogens with one attached hydrogen (secondary N) is 1. The Hall–Kier alpha value is -0.980. The second kappa shape index (κ2) is 6.85. The lowest BCUT2D eigenvalue weighted by molar-refractivity contribution is 0.303. The van der Waals surface area contributed by atoms with Crippen molar-refractivity contribution in [1.29, 1.82) is 0 Å². The maximum absolute atomic E-state index is 13.7. The molecule has 1 aliphatic rings. The van der Waals surface area contributed by atoms with Crippen LogP contribution in [0.4, 0.5) is 4.39 Å². The predicted octanol–water partition coefficient (Wildman–Crippen LogP) is 2.53. The molecule has 118 valence electrons. The molecule has 1 aromatic rings. The maximum atomic E-state index is 13.7. The molecule has 0 aromatic heterocycles. The third kappa shape index (κ3) is 3.81. The SMILES string of the molecule is CC(NS(=O)(=O)c1cccc(F)c1CN)C1CCCCC1. The highest BCUT2D eigenvalue weighted by Crippen LogP contribution is 2.27. The standard InChI is InChI=1S/C15H23FN2O2S/c1-11(12-6-3-2-4-7-12)18-21(19,20)15-9-5-8-14(16)13(15)10-17/h5,8-9,11-12,18H,2-4,6-7,10,17H2,1H3. The molecule has 0 amide bonds. The first-order valence-corrected chi connectivity index (χ1v) is 8.94. The molecular weight excluding hydrogens is 291 g/mol. The smallest absolute Gasteiger partial charge is 0.241 e. The summed E-state index contributed by atoms with van der Waals surface area (Å²) in [7, 11) is -3.74. The molecule has 0 aliphatic heterocycles. The van der Waals surface area contributed by atoms with E-state index in [2.05, 4.69) is 4.72 Å². The fourth-order valence-electron chi connectivity index (χ4n) is 3.03. The lowest BCUT2D eigenvalue weighted by atomic mass is 9.85. The van der Waals surface area contributed by atoms with Crippen molar-refractivity contribution in [3.05, 3.63) is 29.6 Å². The molecule has 1 atom stereocenters. The molecule has 1 fully saturated rings. The Balaban J connectivity index is 2.20. The molecule has 1 saturated carbocycles. The Kier molecular flexibility index (Phi) is 5.35. The second-order valence-corrected chi connectivity index (χ2v) is 7.41. The van der Waals surface area contributed by atoms with Gasteiger partial charge in [0.2, 0.25) is 10.0 Å². The van der Waals surface area contributed by atoms with Crippen molar-refractivity contribution in [2.75, 3.05) is 0 Å². The number of hydrogen-bond donors (Lipinski definition) is 2. The average Bonchev–Trinajstić information content (AvgIpc) is 2.47. The largest absolute Gasteiger partial charge is 0.326 e. The summed E-state index contributed by atoms with van der Waals surface area (Å²) >= 11 is 0. The third-order valence-corrected chi connectivity index (χ3v) is 5.91. The van der Waals surface area contributed by atoms with Crippen molar-refractivity contribution in [1.82, 2.24) is 4.72 Å². The van der Waals surface area contributed by atoms with E-state index in [4.69, 9.17) is 5.73 Å². The van der Waals surface area contributed by atoms with Gasteiger partial charge in [0.15, 0.2) is 0 Å². The van der Waals surface area contributed by atoms with E-state index in [1.165, 1.54) is 24.6 Å². The molecule has 0 radical (unpaired) electrons. The number of hydrogen-bond acceptors (Lipinski definition) is 3. The van der Waals surface area contributed by atoms with Gasteiger partial charge in [-0.15, -0.1) is 0 Å². The van der Waals surface area contributed by atoms with Gasteiger partial charge in [0.25, 0.3) is 0 Å². The summed E-state index contributed by atoms with van der Waals surface area (Å²) in [6.45, 7) is 1.75. The molecule has 4 nitrogen and oxygen atoms in total. The molecule has 0 bridgehead atoms. The van der Waals surface area contributed by atoms with E-state index in [1.807, 2.05) is 6.92 Å². The fourth-order valence-corrected chi connectivity index (χ4v) is 4.60. The summed E-state index contributed by atoms with van der Waals surface area (Å²) in [6, 6.07) is 3.88. The normalized spacial score (nSPS) is 18.6. The van der Waals surface area contributed by atoms with E-state index in [0.29, 0.717) is 5.92 Å². The maximum Gasteiger partial charge on any atom is 0.241 e. The van der Waals surface area contributed by atoms with Gasteiger partial charge >= 0.3 is 0 Å². The first kappa shape index (κ1) is 16.4. The van der Waals surface area contributed by atoms with Crippen molar-refractivity contribution >= 4 is 10.0 Å². The van der Waals surface area contributed by atoms with Crippen LogP contribution in [0.3, 0.4) is 0 Å². The molecular formula is C15H23FN2O2S. The summed E-state index contributed by atoms with van der Waals surface area (Å²) in [4.78, 5) is -0.0485. The molecule has 6 heteroatoms. The summed E-state index contributed by atoms with van der Waals surface area (Å²) in [5, 5.41) is 0. The lowest BCUT2D eigenvalue weighted by Crippen LogP contribution is -2.39. The van der Waals surface area contributed by atoms with Crippen LogP contribution in [-0.2, 0) is 16.6 Å². The number of halogens is 1. The Labute approximate surface area is 126 Å². The van der Waals surface area contributed by atoms with E-state index in [-0.39, 0.29) is 23.0 Å². The Morgan fingerprint density at radius 2 is 2.00 bits per heavy atom. The summed E-state index contributed by atoms with van der Waals surface area (Å²) in [5.74, 6) is -0.228. The second-order valence-electron chi connectivity index (χ2n) is 5.73. The minimum atomic E-state index is -3.74. The van der Waals surface area contributed by atoms with Gasteiger partial charge in [-0.05, 0) is 37.8 Å². The first-order valence-electron chi connectivity index (χ1n) is 7.45. The van der Waals surface area contributed by atoms with E-state index in [1.54, 1.807) is 0 Å². The van der Waals surface area contributed by atoms with Crippen LogP contribution in [0, 0.1) is 11.7 Å². The van der Waals surface area contributed by atoms with Crippen molar-refractivity contribution in [2.45, 2.75) is 56.5 Å². The van der Waals surface area contributed by atoms with Crippen LogP contribution in [0.2, 0.25) is 0 Å². The lowest BCUT2D eigenvalue weighted by Gasteiger charge is -2.28. The topological polar surface area (TPSA) is 72.2 Å². The predicted molar refractivity (Wildman–Crippen MR) is 80.6 cm³/mol. The van der Waals surface area contributed by atoms with Gasteiger partial charge in [-0.25, -0.2) is 17.5 Å². The number of rotatable bonds is 5. The zero-order valence-electron chi connectivity index (χ0n) is 12.3. The molecule has 21 heavy (non-hydrogen) atoms. The van der Waals surface area contributed by atoms with Crippen molar-refractivity contribution < 1.29 is 12.8 Å². The molecule has 1 aliphatic carbocycles. The first-order chi connectivity index (χ1) is 9.95. The Bertz CT molecular complexity index is 583. The average molecular weight is 314 g/mol. The van der Waals surface area contributed by atoms with Gasteiger partial charge < -0.3 is 5.73 Å². The number of benzene rings is 1. The number of nitrogens with two attached hydrogens (primary N) is 1. The minimum Gasteiger partial charge on any atom is -0.326 e. The van der Waals surface area contributed by atoms with E-state index >= 15 is 0 Å². The summed E-state index contributed by atoms with van der Waals surface area (Å²) < 4.78 is 41.4. The molecule has 0 spiro atoms. The Morgan fingerprint density at radius 1 is 1.33 bits per heavy atom. The van der Waals surface area contributed by atoms with Crippen LogP contribution >= 0.6 is 0 Å². The summed E-state index contributed by atoms with van der Waals surface area (Å²) in [5.41, 5.74) is 5.53. The minimum absolute atomic E-state index is 0.0424. The molecule has 0 saturated heterocycles. The quantitative estimate of drug-likeness (QED) is 0.877. The zero-order chi connectivity index (χ0) is 15.5. The monoisotopic (exact) mass is 314 g/mol. The highest BCUT2D eigenvalue weighted by atomic mass is 32.2. The van der Waals surface area contributed by atoms with E-state index < -0.39 is 15.8 Å². The van der Waals surface area contributed by atoms with Crippen LogP contribution in [0.15, 0.2) is 23.1 Å². The van der Waals surface area contributed by atoms with E-state index in [9.17, 15) is 12.8 Å². The van der Waals surface area contributed by atoms with Crippen LogP contribution in [0.1, 0.15) is 44.6 Å². The highest BCUT2D eigenvalue weighted by Gasteiger charge is 2.27. The van der Waals surface area contributed by atoms with Gasteiger partial charge in [-0.1, -0.05) is 25.3 Å². The highest BCUT2D eigenvalue weighted by molar-refractivity contribution is 7.89. The van der Waals surface area contributed by atoms with Crippen LogP contribution in [0.5, 0.6) is 0 Å². The molecule has 1 unspecified atom stereocenters. The fraction of sp³-hybridized carbons (Fsp3) is 0.600. The van der Waals surface area contributed by atoms with Crippen molar-refractivity contribution in [2.24, 2.45) is 11.7 Å². The molecule has 0 heterocycles. The molecule has 2 rings (SSSR count). The zero-order valence-corrected chi connectivity index (χ0v) is 13.1. The van der Waals surface area contributed by atoms with Gasteiger partial charge in [-0.2, -0.15) is 0 Å². The van der Waals surface area contributed by atoms with Crippen LogP contribution in [0.25, 0.3) is 0 Å². The van der Waals surface area contributed by atoms with E-state index in [0.717, 1.165) is 25.7 Å². The van der Waals surface area contributed by atoms with Gasteiger partial charge in [0, 0.05) is 18.2 Å². The molecule has 3 N–H and O–H groups in total. The van der Waals surface area contributed by atoms with Crippen molar-refractivity contribution in [3.8, 4) is 0 Å². The van der Waals surface area contributed by atoms with Gasteiger partial charge in [0.1, 0.15) is 5.82 Å². The third-order valence-electron chi connectivity index (χ3n) is 4.27. The van der Waals surface area contributed by atoms with Gasteiger partial charge in [-0.3, -0.25) is 0 Å². The van der Waals surface area contributed by atoms with Crippen molar-refractivity contribution in [3.63, 3.8) is 0 Å². The summed E-state index contributed by atoms with van der Waals surface area (Å²) in [6.07, 6.45) is 5.58. The van der Waals surface area contributed by atoms with Crippen LogP contribution in [-0.4, -0.2) is 14.5 Å². The van der Waals surface area contributed by atoms with Gasteiger partial charge in [0.05, 0.1) is 4.90 Å².